The van der Waals surface area contributed by atoms with Gasteiger partial charge in [0, 0.05) is 25.2 Å². The highest BCUT2D eigenvalue weighted by Gasteiger charge is 2.38. The summed E-state index contributed by atoms with van der Waals surface area (Å²) in [7, 11) is 0. The summed E-state index contributed by atoms with van der Waals surface area (Å²) >= 11 is 0. The molecule has 2 bridgehead atoms. The normalized spacial score (nSPS) is 31.5. The van der Waals surface area contributed by atoms with Crippen LogP contribution in [0.15, 0.2) is 0 Å². The van der Waals surface area contributed by atoms with Crippen molar-refractivity contribution < 1.29 is 9.53 Å². The number of ether oxygens (including phenoxy) is 1. The van der Waals surface area contributed by atoms with Crippen LogP contribution in [0.5, 0.6) is 0 Å². The molecule has 0 aromatic rings. The standard InChI is InChI=1S/C9H16N2O2/c1-6(2)13-9(12)11-4-7-3-8(5-11)10-7/h6-8,10H,3-5H2,1-2H3. The largest absolute Gasteiger partial charge is 0.447 e. The predicted octanol–water partition coefficient (Wildman–Crippen LogP) is 0.577. The number of rotatable bonds is 1. The fraction of sp³-hybridized carbons (Fsp3) is 0.889. The number of piperidine rings is 1. The first-order valence-electron chi connectivity index (χ1n) is 4.87. The number of piperazine rings is 1. The van der Waals surface area contributed by atoms with Crippen LogP contribution >= 0.6 is 0 Å². The Hall–Kier alpha value is -0.770. The van der Waals surface area contributed by atoms with Crippen molar-refractivity contribution in [1.82, 2.24) is 10.2 Å². The van der Waals surface area contributed by atoms with Gasteiger partial charge in [-0.3, -0.25) is 0 Å². The molecular weight excluding hydrogens is 168 g/mol. The minimum Gasteiger partial charge on any atom is -0.447 e. The van der Waals surface area contributed by atoms with Gasteiger partial charge in [0.15, 0.2) is 0 Å². The van der Waals surface area contributed by atoms with Crippen LogP contribution in [0, 0.1) is 0 Å². The van der Waals surface area contributed by atoms with Crippen LogP contribution in [0.25, 0.3) is 0 Å². The fourth-order valence-electron chi connectivity index (χ4n) is 1.94. The third kappa shape index (κ3) is 1.77. The Bertz CT molecular complexity index is 202. The van der Waals surface area contributed by atoms with Crippen LogP contribution in [0.2, 0.25) is 0 Å². The number of nitrogens with one attached hydrogen (secondary N) is 1. The van der Waals surface area contributed by atoms with Gasteiger partial charge < -0.3 is 15.0 Å². The van der Waals surface area contributed by atoms with Crippen LogP contribution in [-0.2, 0) is 4.74 Å². The Morgan fingerprint density at radius 2 is 2.00 bits per heavy atom. The summed E-state index contributed by atoms with van der Waals surface area (Å²) in [6.07, 6.45) is 1.04. The van der Waals surface area contributed by atoms with Crippen LogP contribution < -0.4 is 5.32 Å². The van der Waals surface area contributed by atoms with Gasteiger partial charge in [-0.2, -0.15) is 0 Å². The van der Waals surface area contributed by atoms with Crippen LogP contribution in [0.1, 0.15) is 20.3 Å². The molecular formula is C9H16N2O2. The van der Waals surface area contributed by atoms with Gasteiger partial charge in [-0.1, -0.05) is 0 Å². The summed E-state index contributed by atoms with van der Waals surface area (Å²) in [6, 6.07) is 1.02. The van der Waals surface area contributed by atoms with Crippen molar-refractivity contribution in [2.45, 2.75) is 38.5 Å². The molecule has 13 heavy (non-hydrogen) atoms. The van der Waals surface area contributed by atoms with Gasteiger partial charge in [0.05, 0.1) is 6.10 Å². The number of carbonyl (C=O) groups is 1. The van der Waals surface area contributed by atoms with E-state index in [1.165, 1.54) is 6.42 Å². The van der Waals surface area contributed by atoms with Crippen LogP contribution in [0.4, 0.5) is 4.79 Å². The minimum atomic E-state index is -0.161. The number of carbonyl (C=O) groups excluding carboxylic acids is 1. The van der Waals surface area contributed by atoms with E-state index in [1.54, 1.807) is 4.90 Å². The van der Waals surface area contributed by atoms with E-state index < -0.39 is 0 Å². The first-order valence-corrected chi connectivity index (χ1v) is 4.87. The molecule has 74 valence electrons. The molecule has 0 radical (unpaired) electrons. The molecule has 3 fully saturated rings. The number of fused-ring (bicyclic) bond motifs is 2. The van der Waals surface area contributed by atoms with E-state index in [0.717, 1.165) is 13.1 Å². The number of amides is 1. The topological polar surface area (TPSA) is 41.6 Å². The van der Waals surface area contributed by atoms with E-state index in [0.29, 0.717) is 12.1 Å². The Labute approximate surface area is 78.2 Å². The molecule has 0 aromatic heterocycles. The number of nitrogens with zero attached hydrogens (tertiary/aromatic N) is 1. The maximum atomic E-state index is 11.5. The van der Waals surface area contributed by atoms with E-state index in [-0.39, 0.29) is 12.2 Å². The molecule has 3 heterocycles. The van der Waals surface area contributed by atoms with Gasteiger partial charge in [0.2, 0.25) is 0 Å². The second-order valence-corrected chi connectivity index (χ2v) is 4.13. The third-order valence-corrected chi connectivity index (χ3v) is 2.52. The molecule has 3 saturated heterocycles. The van der Waals surface area contributed by atoms with Gasteiger partial charge >= 0.3 is 6.09 Å². The molecule has 0 spiro atoms. The van der Waals surface area contributed by atoms with Gasteiger partial charge in [0.25, 0.3) is 0 Å². The van der Waals surface area contributed by atoms with Crippen molar-refractivity contribution in [3.8, 4) is 0 Å². The van der Waals surface area contributed by atoms with Gasteiger partial charge in [-0.05, 0) is 20.3 Å². The molecule has 0 saturated carbocycles. The molecule has 2 unspecified atom stereocenters. The number of hydrogen-bond acceptors (Lipinski definition) is 3. The second kappa shape index (κ2) is 3.18. The van der Waals surface area contributed by atoms with Crippen molar-refractivity contribution in [2.75, 3.05) is 13.1 Å². The third-order valence-electron chi connectivity index (χ3n) is 2.52. The Kier molecular flexibility index (Phi) is 2.15. The summed E-state index contributed by atoms with van der Waals surface area (Å²) in [4.78, 5) is 13.3. The summed E-state index contributed by atoms with van der Waals surface area (Å²) in [5.74, 6) is 0. The van der Waals surface area contributed by atoms with Crippen LogP contribution in [0.3, 0.4) is 0 Å². The highest BCUT2D eigenvalue weighted by molar-refractivity contribution is 5.68. The number of hydrogen-bond donors (Lipinski definition) is 1. The first-order chi connectivity index (χ1) is 6.15. The molecule has 1 amide bonds. The molecule has 1 N–H and O–H groups in total. The average molecular weight is 184 g/mol. The molecule has 3 aliphatic rings. The van der Waals surface area contributed by atoms with Crippen molar-refractivity contribution in [3.05, 3.63) is 0 Å². The van der Waals surface area contributed by atoms with E-state index in [1.807, 2.05) is 13.8 Å². The zero-order chi connectivity index (χ0) is 9.42. The highest BCUT2D eigenvalue weighted by atomic mass is 16.6. The zero-order valence-electron chi connectivity index (χ0n) is 8.12. The van der Waals surface area contributed by atoms with E-state index in [2.05, 4.69) is 5.32 Å². The molecule has 3 aliphatic heterocycles. The van der Waals surface area contributed by atoms with Crippen molar-refractivity contribution in [1.29, 1.82) is 0 Å². The van der Waals surface area contributed by atoms with Gasteiger partial charge in [-0.25, -0.2) is 4.79 Å². The molecule has 4 heteroatoms. The summed E-state index contributed by atoms with van der Waals surface area (Å²) in [6.45, 7) is 5.37. The molecule has 2 atom stereocenters. The van der Waals surface area contributed by atoms with Crippen LogP contribution in [-0.4, -0.2) is 42.3 Å². The van der Waals surface area contributed by atoms with E-state index in [4.69, 9.17) is 4.74 Å². The lowest BCUT2D eigenvalue weighted by molar-refractivity contribution is 0.0351. The van der Waals surface area contributed by atoms with Gasteiger partial charge in [-0.15, -0.1) is 0 Å². The average Bonchev–Trinajstić information content (AvgIpc) is 2.02. The highest BCUT2D eigenvalue weighted by Crippen LogP contribution is 2.21. The zero-order valence-corrected chi connectivity index (χ0v) is 8.12. The van der Waals surface area contributed by atoms with Crippen molar-refractivity contribution in [3.63, 3.8) is 0 Å². The van der Waals surface area contributed by atoms with Crippen molar-refractivity contribution >= 4 is 6.09 Å². The summed E-state index contributed by atoms with van der Waals surface area (Å²) in [5, 5.41) is 3.37. The maximum Gasteiger partial charge on any atom is 0.410 e. The van der Waals surface area contributed by atoms with E-state index in [9.17, 15) is 4.79 Å². The molecule has 0 aliphatic carbocycles. The van der Waals surface area contributed by atoms with Gasteiger partial charge in [0.1, 0.15) is 0 Å². The Balaban J connectivity index is 1.84. The molecule has 0 aromatic carbocycles. The SMILES string of the molecule is CC(C)OC(=O)N1CC2CC(C1)N2. The Morgan fingerprint density at radius 3 is 2.46 bits per heavy atom. The lowest BCUT2D eigenvalue weighted by Crippen LogP contribution is -2.67. The van der Waals surface area contributed by atoms with Crippen molar-refractivity contribution in [2.24, 2.45) is 0 Å². The molecule has 4 nitrogen and oxygen atoms in total. The molecule has 3 rings (SSSR count). The fourth-order valence-corrected chi connectivity index (χ4v) is 1.94. The Morgan fingerprint density at radius 1 is 1.46 bits per heavy atom. The smallest absolute Gasteiger partial charge is 0.410 e. The predicted molar refractivity (Wildman–Crippen MR) is 48.5 cm³/mol. The monoisotopic (exact) mass is 184 g/mol. The second-order valence-electron chi connectivity index (χ2n) is 4.13. The summed E-state index contributed by atoms with van der Waals surface area (Å²) in [5.41, 5.74) is 0. The lowest BCUT2D eigenvalue weighted by atomic mass is 9.92. The lowest BCUT2D eigenvalue weighted by Gasteiger charge is -2.47. The summed E-state index contributed by atoms with van der Waals surface area (Å²) < 4.78 is 5.12. The quantitative estimate of drug-likeness (QED) is 0.648. The first kappa shape index (κ1) is 8.81. The minimum absolute atomic E-state index is 0.0151. The maximum absolute atomic E-state index is 11.5. The van der Waals surface area contributed by atoms with E-state index >= 15 is 0 Å².